The number of nitrogens with one attached hydrogen (secondary N) is 1. The van der Waals surface area contributed by atoms with Gasteiger partial charge in [0.1, 0.15) is 24.6 Å². The molecule has 0 aliphatic heterocycles. The lowest BCUT2D eigenvalue weighted by Crippen LogP contribution is -2.32. The first-order valence-corrected chi connectivity index (χ1v) is 7.86. The van der Waals surface area contributed by atoms with Crippen LogP contribution in [0, 0.1) is 0 Å². The number of hydrogen-bond acceptors (Lipinski definition) is 5. The van der Waals surface area contributed by atoms with E-state index in [4.69, 9.17) is 9.52 Å². The second kappa shape index (κ2) is 7.28. The third-order valence-electron chi connectivity index (χ3n) is 3.95. The van der Waals surface area contributed by atoms with E-state index in [9.17, 15) is 23.9 Å². The molecule has 3 rings (SSSR count). The molecule has 8 heteroatoms. The van der Waals surface area contributed by atoms with Gasteiger partial charge in [-0.3, -0.25) is 9.59 Å². The van der Waals surface area contributed by atoms with Crippen LogP contribution in [0.1, 0.15) is 15.9 Å². The van der Waals surface area contributed by atoms with Crippen molar-refractivity contribution in [1.29, 1.82) is 0 Å². The number of fused-ring (bicyclic) bond motifs is 1. The number of benzene rings is 2. The van der Waals surface area contributed by atoms with Crippen LogP contribution in [0.5, 0.6) is 5.75 Å². The van der Waals surface area contributed by atoms with Gasteiger partial charge in [0.05, 0.1) is 5.39 Å². The Morgan fingerprint density at radius 2 is 1.81 bits per heavy atom. The Kier molecular flexibility index (Phi) is 4.89. The van der Waals surface area contributed by atoms with Gasteiger partial charge in [0, 0.05) is 5.56 Å². The fourth-order valence-electron chi connectivity index (χ4n) is 2.65. The first-order valence-electron chi connectivity index (χ1n) is 7.86. The summed E-state index contributed by atoms with van der Waals surface area (Å²) in [5.41, 5.74) is -0.126. The summed E-state index contributed by atoms with van der Waals surface area (Å²) in [4.78, 5) is 34.8. The normalized spacial score (nSPS) is 10.7. The maximum absolute atomic E-state index is 12.7. The standard InChI is InChI=1S/C19H14FNO6/c20-8-10-4-6-11(7-5-10)12-2-1-3-13-16(24)15(19(26)27-17(12)13)18(25)21-9-14(22)23/h1-7,24H,8-9H2,(H,21,25)(H,22,23). The minimum atomic E-state index is -1.30. The maximum atomic E-state index is 12.7. The molecule has 3 N–H and O–H groups in total. The average molecular weight is 371 g/mol. The Morgan fingerprint density at radius 3 is 2.44 bits per heavy atom. The van der Waals surface area contributed by atoms with Crippen molar-refractivity contribution < 1.29 is 28.6 Å². The van der Waals surface area contributed by atoms with E-state index >= 15 is 0 Å². The van der Waals surface area contributed by atoms with E-state index in [1.54, 1.807) is 36.4 Å². The van der Waals surface area contributed by atoms with Crippen LogP contribution < -0.4 is 10.9 Å². The number of halogens is 1. The molecule has 138 valence electrons. The molecule has 0 saturated heterocycles. The van der Waals surface area contributed by atoms with Gasteiger partial charge in [0.15, 0.2) is 5.56 Å². The second-order valence-corrected chi connectivity index (χ2v) is 5.70. The molecule has 0 bridgehead atoms. The highest BCUT2D eigenvalue weighted by molar-refractivity contribution is 6.04. The number of hydrogen-bond donors (Lipinski definition) is 3. The van der Waals surface area contributed by atoms with E-state index in [-0.39, 0.29) is 11.0 Å². The molecule has 0 radical (unpaired) electrons. The molecule has 0 unspecified atom stereocenters. The molecular formula is C19H14FNO6. The molecule has 0 aliphatic carbocycles. The summed E-state index contributed by atoms with van der Waals surface area (Å²) in [5.74, 6) is -2.96. The number of aliphatic carboxylic acids is 1. The van der Waals surface area contributed by atoms with Crippen molar-refractivity contribution >= 4 is 22.8 Å². The summed E-state index contributed by atoms with van der Waals surface area (Å²) in [6.45, 7) is -1.32. The zero-order valence-corrected chi connectivity index (χ0v) is 13.9. The van der Waals surface area contributed by atoms with Gasteiger partial charge in [0.25, 0.3) is 5.91 Å². The number of aromatic hydroxyl groups is 1. The molecule has 1 heterocycles. The number of rotatable bonds is 5. The van der Waals surface area contributed by atoms with E-state index < -0.39 is 42.0 Å². The Bertz CT molecular complexity index is 1090. The van der Waals surface area contributed by atoms with Crippen LogP contribution in [-0.2, 0) is 11.5 Å². The van der Waals surface area contributed by atoms with Crippen molar-refractivity contribution in [3.05, 3.63) is 64.0 Å². The monoisotopic (exact) mass is 371 g/mol. The molecule has 0 saturated carbocycles. The summed E-state index contributed by atoms with van der Waals surface area (Å²) < 4.78 is 17.9. The molecule has 7 nitrogen and oxygen atoms in total. The van der Waals surface area contributed by atoms with Gasteiger partial charge >= 0.3 is 11.6 Å². The van der Waals surface area contributed by atoms with Gasteiger partial charge in [-0.15, -0.1) is 0 Å². The quantitative estimate of drug-likeness (QED) is 0.593. The molecule has 0 spiro atoms. The number of carboxylic acids is 1. The summed E-state index contributed by atoms with van der Waals surface area (Å²) in [7, 11) is 0. The molecule has 1 aromatic heterocycles. The van der Waals surface area contributed by atoms with Crippen molar-refractivity contribution in [3.63, 3.8) is 0 Å². The first kappa shape index (κ1) is 18.1. The average Bonchev–Trinajstić information content (AvgIpc) is 2.66. The van der Waals surface area contributed by atoms with Gasteiger partial charge in [-0.05, 0) is 17.2 Å². The second-order valence-electron chi connectivity index (χ2n) is 5.70. The van der Waals surface area contributed by atoms with Gasteiger partial charge in [0.2, 0.25) is 0 Å². The van der Waals surface area contributed by atoms with Crippen molar-refractivity contribution in [2.24, 2.45) is 0 Å². The van der Waals surface area contributed by atoms with Crippen LogP contribution in [0.15, 0.2) is 51.7 Å². The van der Waals surface area contributed by atoms with Crippen LogP contribution in [0.4, 0.5) is 4.39 Å². The summed E-state index contributed by atoms with van der Waals surface area (Å²) in [5, 5.41) is 21.1. The van der Waals surface area contributed by atoms with Gasteiger partial charge in [-0.2, -0.15) is 0 Å². The smallest absolute Gasteiger partial charge is 0.353 e. The number of alkyl halides is 1. The molecule has 2 aromatic carbocycles. The number of carboxylic acid groups (broad SMARTS) is 1. The minimum absolute atomic E-state index is 0.0581. The molecule has 0 atom stereocenters. The lowest BCUT2D eigenvalue weighted by Gasteiger charge is -2.10. The number of para-hydroxylation sites is 1. The number of carbonyl (C=O) groups excluding carboxylic acids is 1. The lowest BCUT2D eigenvalue weighted by molar-refractivity contribution is -0.135. The molecule has 0 fully saturated rings. The summed E-state index contributed by atoms with van der Waals surface area (Å²) in [6, 6.07) is 11.2. The highest BCUT2D eigenvalue weighted by Crippen LogP contribution is 2.33. The fourth-order valence-corrected chi connectivity index (χ4v) is 2.65. The molecule has 1 amide bonds. The van der Waals surface area contributed by atoms with E-state index in [0.717, 1.165) is 0 Å². The van der Waals surface area contributed by atoms with E-state index in [0.29, 0.717) is 16.7 Å². The summed E-state index contributed by atoms with van der Waals surface area (Å²) >= 11 is 0. The SMILES string of the molecule is O=C(O)CNC(=O)c1c(O)c2cccc(-c3ccc(CF)cc3)c2oc1=O. The molecule has 27 heavy (non-hydrogen) atoms. The van der Waals surface area contributed by atoms with Crippen molar-refractivity contribution in [1.82, 2.24) is 5.32 Å². The van der Waals surface area contributed by atoms with Crippen LogP contribution in [0.3, 0.4) is 0 Å². The summed E-state index contributed by atoms with van der Waals surface area (Å²) in [6.07, 6.45) is 0. The van der Waals surface area contributed by atoms with Crippen molar-refractivity contribution in [2.75, 3.05) is 6.54 Å². The van der Waals surface area contributed by atoms with Crippen molar-refractivity contribution in [3.8, 4) is 16.9 Å². The highest BCUT2D eigenvalue weighted by Gasteiger charge is 2.22. The third kappa shape index (κ3) is 3.50. The van der Waals surface area contributed by atoms with Crippen LogP contribution in [-0.4, -0.2) is 28.6 Å². The maximum Gasteiger partial charge on any atom is 0.353 e. The third-order valence-corrected chi connectivity index (χ3v) is 3.95. The zero-order chi connectivity index (χ0) is 19.6. The van der Waals surface area contributed by atoms with E-state index in [2.05, 4.69) is 0 Å². The minimum Gasteiger partial charge on any atom is -0.506 e. The number of carbonyl (C=O) groups is 2. The Morgan fingerprint density at radius 1 is 1.11 bits per heavy atom. The van der Waals surface area contributed by atoms with Crippen LogP contribution in [0.25, 0.3) is 22.1 Å². The fraction of sp³-hybridized carbons (Fsp3) is 0.105. The highest BCUT2D eigenvalue weighted by atomic mass is 19.1. The van der Waals surface area contributed by atoms with Gasteiger partial charge in [-0.25, -0.2) is 9.18 Å². The Hall–Kier alpha value is -3.68. The van der Waals surface area contributed by atoms with Gasteiger partial charge in [-0.1, -0.05) is 36.4 Å². The molecule has 3 aromatic rings. The van der Waals surface area contributed by atoms with Crippen LogP contribution in [0.2, 0.25) is 0 Å². The van der Waals surface area contributed by atoms with Gasteiger partial charge < -0.3 is 19.9 Å². The Balaban J connectivity index is 2.13. The molecule has 0 aliphatic rings. The predicted molar refractivity (Wildman–Crippen MR) is 94.4 cm³/mol. The molecular weight excluding hydrogens is 357 g/mol. The lowest BCUT2D eigenvalue weighted by atomic mass is 10.0. The largest absolute Gasteiger partial charge is 0.506 e. The van der Waals surface area contributed by atoms with E-state index in [1.807, 2.05) is 5.32 Å². The zero-order valence-electron chi connectivity index (χ0n) is 13.9. The van der Waals surface area contributed by atoms with Crippen LogP contribution >= 0.6 is 0 Å². The number of amides is 1. The first-order chi connectivity index (χ1) is 12.9. The van der Waals surface area contributed by atoms with E-state index in [1.165, 1.54) is 6.07 Å². The van der Waals surface area contributed by atoms with Crippen molar-refractivity contribution in [2.45, 2.75) is 6.67 Å². The topological polar surface area (TPSA) is 117 Å². The Labute approximate surface area is 151 Å². The predicted octanol–water partition coefficient (Wildman–Crippen LogP) is 2.45.